The third-order valence-electron chi connectivity index (χ3n) is 3.23. The Hall–Kier alpha value is -2.06. The average molecular weight is 272 g/mol. The molecule has 0 amide bonds. The fourth-order valence-electron chi connectivity index (χ4n) is 2.07. The number of nitriles is 1. The van der Waals surface area contributed by atoms with Gasteiger partial charge in [-0.2, -0.15) is 5.26 Å². The minimum atomic E-state index is 0.426. The van der Waals surface area contributed by atoms with Gasteiger partial charge in [-0.3, -0.25) is 0 Å². The molecule has 0 aliphatic heterocycles. The SMILES string of the molecule is CC(C)CCOCCn1c(N)nc2c(C#N)cccc21. The van der Waals surface area contributed by atoms with E-state index in [1.165, 1.54) is 0 Å². The first-order valence-corrected chi connectivity index (χ1v) is 6.86. The van der Waals surface area contributed by atoms with Gasteiger partial charge in [-0.25, -0.2) is 4.98 Å². The predicted molar refractivity (Wildman–Crippen MR) is 79.1 cm³/mol. The van der Waals surface area contributed by atoms with Gasteiger partial charge in [0.1, 0.15) is 11.6 Å². The van der Waals surface area contributed by atoms with E-state index in [2.05, 4.69) is 24.9 Å². The Morgan fingerprint density at radius 2 is 2.20 bits per heavy atom. The molecule has 2 aromatic rings. The molecule has 1 aromatic heterocycles. The van der Waals surface area contributed by atoms with E-state index in [1.807, 2.05) is 16.7 Å². The van der Waals surface area contributed by atoms with Crippen LogP contribution in [0.25, 0.3) is 11.0 Å². The number of nitrogens with zero attached hydrogens (tertiary/aromatic N) is 3. The molecule has 0 fully saturated rings. The molecule has 5 heteroatoms. The normalized spacial score (nSPS) is 11.1. The van der Waals surface area contributed by atoms with Crippen LogP contribution in [0.1, 0.15) is 25.8 Å². The first-order valence-electron chi connectivity index (χ1n) is 6.86. The molecule has 0 radical (unpaired) electrons. The number of hydrogen-bond acceptors (Lipinski definition) is 4. The summed E-state index contributed by atoms with van der Waals surface area (Å²) in [6.45, 7) is 6.35. The molecule has 1 aromatic carbocycles. The Morgan fingerprint density at radius 3 is 2.90 bits per heavy atom. The lowest BCUT2D eigenvalue weighted by Crippen LogP contribution is -2.10. The number of para-hydroxylation sites is 1. The number of imidazole rings is 1. The third kappa shape index (κ3) is 3.09. The summed E-state index contributed by atoms with van der Waals surface area (Å²) in [7, 11) is 0. The third-order valence-corrected chi connectivity index (χ3v) is 3.23. The van der Waals surface area contributed by atoms with Crippen molar-refractivity contribution in [2.45, 2.75) is 26.8 Å². The molecular weight excluding hydrogens is 252 g/mol. The number of anilines is 1. The van der Waals surface area contributed by atoms with Gasteiger partial charge in [0, 0.05) is 13.2 Å². The maximum absolute atomic E-state index is 9.07. The highest BCUT2D eigenvalue weighted by Gasteiger charge is 2.10. The Kier molecular flexibility index (Phi) is 4.59. The van der Waals surface area contributed by atoms with Crippen LogP contribution in [0.4, 0.5) is 5.95 Å². The molecule has 0 spiro atoms. The van der Waals surface area contributed by atoms with Crippen LogP contribution in [-0.4, -0.2) is 22.8 Å². The first-order chi connectivity index (χ1) is 9.63. The average Bonchev–Trinajstić information content (AvgIpc) is 2.74. The van der Waals surface area contributed by atoms with Crippen molar-refractivity contribution in [3.63, 3.8) is 0 Å². The van der Waals surface area contributed by atoms with Crippen LogP contribution in [0, 0.1) is 17.2 Å². The molecular formula is C15H20N4O. The Bertz CT molecular complexity index is 625. The van der Waals surface area contributed by atoms with Crippen molar-refractivity contribution in [3.05, 3.63) is 23.8 Å². The summed E-state index contributed by atoms with van der Waals surface area (Å²) < 4.78 is 7.50. The van der Waals surface area contributed by atoms with Gasteiger partial charge < -0.3 is 15.0 Å². The maximum Gasteiger partial charge on any atom is 0.201 e. The van der Waals surface area contributed by atoms with E-state index in [0.717, 1.165) is 18.5 Å². The highest BCUT2D eigenvalue weighted by atomic mass is 16.5. The van der Waals surface area contributed by atoms with Crippen molar-refractivity contribution in [3.8, 4) is 6.07 Å². The number of rotatable bonds is 6. The van der Waals surface area contributed by atoms with Crippen molar-refractivity contribution in [2.75, 3.05) is 18.9 Å². The molecule has 0 aliphatic carbocycles. The molecule has 2 rings (SSSR count). The quantitative estimate of drug-likeness (QED) is 0.820. The summed E-state index contributed by atoms with van der Waals surface area (Å²) in [4.78, 5) is 4.27. The van der Waals surface area contributed by atoms with Gasteiger partial charge in [0.05, 0.1) is 17.7 Å². The summed E-state index contributed by atoms with van der Waals surface area (Å²) in [5.74, 6) is 1.07. The smallest absolute Gasteiger partial charge is 0.201 e. The number of hydrogen-bond donors (Lipinski definition) is 1. The standard InChI is InChI=1S/C15H20N4O/c1-11(2)6-8-20-9-7-19-13-5-3-4-12(10-16)14(13)18-15(19)17/h3-5,11H,6-9H2,1-2H3,(H2,17,18). The molecule has 0 saturated carbocycles. The minimum absolute atomic E-state index is 0.426. The molecule has 5 nitrogen and oxygen atoms in total. The van der Waals surface area contributed by atoms with Gasteiger partial charge in [0.15, 0.2) is 0 Å². The van der Waals surface area contributed by atoms with Crippen LogP contribution >= 0.6 is 0 Å². The zero-order valence-corrected chi connectivity index (χ0v) is 12.0. The van der Waals surface area contributed by atoms with Gasteiger partial charge >= 0.3 is 0 Å². The van der Waals surface area contributed by atoms with E-state index in [-0.39, 0.29) is 0 Å². The second-order valence-electron chi connectivity index (χ2n) is 5.20. The number of fused-ring (bicyclic) bond motifs is 1. The van der Waals surface area contributed by atoms with Gasteiger partial charge in [0.2, 0.25) is 5.95 Å². The Balaban J connectivity index is 2.07. The number of ether oxygens (including phenoxy) is 1. The van der Waals surface area contributed by atoms with Crippen LogP contribution in [0.3, 0.4) is 0 Å². The van der Waals surface area contributed by atoms with Crippen molar-refractivity contribution >= 4 is 17.0 Å². The van der Waals surface area contributed by atoms with E-state index in [4.69, 9.17) is 15.7 Å². The molecule has 106 valence electrons. The monoisotopic (exact) mass is 272 g/mol. The Labute approximate surface area is 119 Å². The maximum atomic E-state index is 9.07. The lowest BCUT2D eigenvalue weighted by Gasteiger charge is -2.08. The van der Waals surface area contributed by atoms with E-state index in [1.54, 1.807) is 6.07 Å². The zero-order chi connectivity index (χ0) is 14.5. The van der Waals surface area contributed by atoms with Crippen LogP contribution in [0.2, 0.25) is 0 Å². The van der Waals surface area contributed by atoms with E-state index < -0.39 is 0 Å². The van der Waals surface area contributed by atoms with Crippen molar-refractivity contribution in [1.82, 2.24) is 9.55 Å². The van der Waals surface area contributed by atoms with Crippen molar-refractivity contribution < 1.29 is 4.74 Å². The minimum Gasteiger partial charge on any atom is -0.380 e. The molecule has 2 N–H and O–H groups in total. The highest BCUT2D eigenvalue weighted by molar-refractivity contribution is 5.83. The molecule has 1 heterocycles. The Morgan fingerprint density at radius 1 is 1.40 bits per heavy atom. The second-order valence-corrected chi connectivity index (χ2v) is 5.20. The first kappa shape index (κ1) is 14.4. The van der Waals surface area contributed by atoms with Gasteiger partial charge in [-0.15, -0.1) is 0 Å². The molecule has 0 unspecified atom stereocenters. The molecule has 0 atom stereocenters. The number of benzene rings is 1. The largest absolute Gasteiger partial charge is 0.380 e. The van der Waals surface area contributed by atoms with E-state index in [9.17, 15) is 0 Å². The molecule has 0 aliphatic rings. The van der Waals surface area contributed by atoms with E-state index in [0.29, 0.717) is 36.1 Å². The number of aromatic nitrogens is 2. The van der Waals surface area contributed by atoms with Crippen LogP contribution in [0.15, 0.2) is 18.2 Å². The summed E-state index contributed by atoms with van der Waals surface area (Å²) in [5, 5.41) is 9.07. The van der Waals surface area contributed by atoms with Crippen LogP contribution in [-0.2, 0) is 11.3 Å². The van der Waals surface area contributed by atoms with Crippen LogP contribution < -0.4 is 5.73 Å². The predicted octanol–water partition coefficient (Wildman–Crippen LogP) is 2.55. The van der Waals surface area contributed by atoms with Gasteiger partial charge in [-0.05, 0) is 24.5 Å². The lowest BCUT2D eigenvalue weighted by atomic mass is 10.1. The van der Waals surface area contributed by atoms with E-state index >= 15 is 0 Å². The summed E-state index contributed by atoms with van der Waals surface area (Å²) in [6, 6.07) is 7.65. The molecule has 20 heavy (non-hydrogen) atoms. The van der Waals surface area contributed by atoms with Gasteiger partial charge in [-0.1, -0.05) is 19.9 Å². The molecule has 0 bridgehead atoms. The summed E-state index contributed by atoms with van der Waals surface area (Å²) in [6.07, 6.45) is 1.05. The summed E-state index contributed by atoms with van der Waals surface area (Å²) in [5.41, 5.74) is 8.02. The van der Waals surface area contributed by atoms with Crippen molar-refractivity contribution in [2.24, 2.45) is 5.92 Å². The highest BCUT2D eigenvalue weighted by Crippen LogP contribution is 2.20. The fourth-order valence-corrected chi connectivity index (χ4v) is 2.07. The fraction of sp³-hybridized carbons (Fsp3) is 0.467. The lowest BCUT2D eigenvalue weighted by molar-refractivity contribution is 0.117. The number of nitrogens with two attached hydrogens (primary N) is 1. The van der Waals surface area contributed by atoms with Gasteiger partial charge in [0.25, 0.3) is 0 Å². The summed E-state index contributed by atoms with van der Waals surface area (Å²) >= 11 is 0. The van der Waals surface area contributed by atoms with Crippen molar-refractivity contribution in [1.29, 1.82) is 5.26 Å². The topological polar surface area (TPSA) is 76.9 Å². The van der Waals surface area contributed by atoms with Crippen LogP contribution in [0.5, 0.6) is 0 Å². The number of nitrogen functional groups attached to an aromatic ring is 1. The zero-order valence-electron chi connectivity index (χ0n) is 12.0. The molecule has 0 saturated heterocycles. The second kappa shape index (κ2) is 6.40.